The van der Waals surface area contributed by atoms with Gasteiger partial charge in [0.15, 0.2) is 0 Å². The zero-order valence-corrected chi connectivity index (χ0v) is 24.0. The highest BCUT2D eigenvalue weighted by atomic mass is 32.1. The van der Waals surface area contributed by atoms with E-state index in [1.54, 1.807) is 36.6 Å². The first kappa shape index (κ1) is 28.1. The van der Waals surface area contributed by atoms with E-state index < -0.39 is 0 Å². The molecule has 1 aromatic heterocycles. The molecule has 3 aromatic rings. The third kappa shape index (κ3) is 7.38. The van der Waals surface area contributed by atoms with Crippen LogP contribution in [0.5, 0.6) is 17.2 Å². The quantitative estimate of drug-likeness (QED) is 0.493. The number of carbonyl (C=O) groups is 2. The maximum Gasteiger partial charge on any atom is 0.254 e. The van der Waals surface area contributed by atoms with Crippen molar-refractivity contribution in [3.63, 3.8) is 0 Å². The van der Waals surface area contributed by atoms with Crippen molar-refractivity contribution in [3.8, 4) is 17.2 Å². The lowest BCUT2D eigenvalue weighted by atomic mass is 10.0. The van der Waals surface area contributed by atoms with Crippen LogP contribution in [0.3, 0.4) is 0 Å². The number of fused-ring (bicyclic) bond motifs is 5. The van der Waals surface area contributed by atoms with Crippen molar-refractivity contribution < 1.29 is 23.8 Å². The third-order valence-corrected chi connectivity index (χ3v) is 7.65. The fourth-order valence-corrected chi connectivity index (χ4v) is 5.53. The number of carbonyl (C=O) groups excluding carboxylic acids is 2. The molecule has 2 amide bonds. The molecule has 212 valence electrons. The lowest BCUT2D eigenvalue weighted by Crippen LogP contribution is -2.56. The first-order valence-electron chi connectivity index (χ1n) is 13.6. The van der Waals surface area contributed by atoms with Gasteiger partial charge in [-0.05, 0) is 42.2 Å². The summed E-state index contributed by atoms with van der Waals surface area (Å²) in [5, 5.41) is 3.15. The minimum Gasteiger partial charge on any atom is -0.493 e. The van der Waals surface area contributed by atoms with Crippen molar-refractivity contribution in [1.82, 2.24) is 20.1 Å². The summed E-state index contributed by atoms with van der Waals surface area (Å²) in [4.78, 5) is 35.6. The highest BCUT2D eigenvalue weighted by Gasteiger charge is 2.32. The lowest BCUT2D eigenvalue weighted by molar-refractivity contribution is -0.124. The smallest absolute Gasteiger partial charge is 0.254 e. The molecule has 2 aromatic carbocycles. The van der Waals surface area contributed by atoms with Gasteiger partial charge in [-0.2, -0.15) is 0 Å². The Labute approximate surface area is 239 Å². The van der Waals surface area contributed by atoms with Gasteiger partial charge >= 0.3 is 0 Å². The molecule has 1 saturated heterocycles. The van der Waals surface area contributed by atoms with Crippen LogP contribution in [0.4, 0.5) is 0 Å². The number of thiazole rings is 1. The topological polar surface area (TPSA) is 93.2 Å². The second kappa shape index (κ2) is 12.8. The van der Waals surface area contributed by atoms with Gasteiger partial charge in [0.1, 0.15) is 17.2 Å². The number of nitrogens with zero attached hydrogens (tertiary/aromatic N) is 3. The molecule has 2 atom stereocenters. The van der Waals surface area contributed by atoms with Gasteiger partial charge in [-0.15, -0.1) is 11.3 Å². The van der Waals surface area contributed by atoms with Crippen LogP contribution in [-0.4, -0.2) is 72.0 Å². The van der Waals surface area contributed by atoms with E-state index in [0.717, 1.165) is 25.1 Å². The van der Waals surface area contributed by atoms with Crippen LogP contribution < -0.4 is 14.8 Å². The van der Waals surface area contributed by atoms with Gasteiger partial charge in [0.05, 0.1) is 37.4 Å². The van der Waals surface area contributed by atoms with E-state index in [0.29, 0.717) is 48.5 Å². The molecule has 9 nitrogen and oxygen atoms in total. The maximum absolute atomic E-state index is 13.4. The summed E-state index contributed by atoms with van der Waals surface area (Å²) in [7, 11) is 1.63. The van der Waals surface area contributed by atoms with Crippen LogP contribution >= 0.6 is 11.3 Å². The summed E-state index contributed by atoms with van der Waals surface area (Å²) in [6.45, 7) is 7.24. The van der Waals surface area contributed by atoms with E-state index >= 15 is 0 Å². The molecule has 0 unspecified atom stereocenters. The van der Waals surface area contributed by atoms with Crippen molar-refractivity contribution in [2.24, 2.45) is 5.92 Å². The number of likely N-dealkylation sites (tertiary alicyclic amines) is 1. The summed E-state index contributed by atoms with van der Waals surface area (Å²) >= 11 is 1.64. The SMILES string of the molecule is CC(C)COc1cc2cc(c1)C(=O)N(C)CC(=O)N[C@H]1CCN(Cc3cncs3)C[C@@H]1OCc1cccc(c1)O2. The van der Waals surface area contributed by atoms with Crippen molar-refractivity contribution >= 4 is 23.2 Å². The molecule has 0 radical (unpaired) electrons. The summed E-state index contributed by atoms with van der Waals surface area (Å²) in [6.07, 6.45) is 2.43. The number of piperidine rings is 1. The zero-order valence-electron chi connectivity index (χ0n) is 23.2. The number of benzene rings is 2. The van der Waals surface area contributed by atoms with Crippen molar-refractivity contribution in [2.45, 2.75) is 45.6 Å². The highest BCUT2D eigenvalue weighted by Crippen LogP contribution is 2.30. The summed E-state index contributed by atoms with van der Waals surface area (Å²) < 4.78 is 18.6. The Morgan fingerprint density at radius 2 is 2.05 bits per heavy atom. The van der Waals surface area contributed by atoms with Crippen LogP contribution in [0.15, 0.2) is 54.2 Å². The van der Waals surface area contributed by atoms with Gasteiger partial charge in [0, 0.05) is 49.4 Å². The van der Waals surface area contributed by atoms with E-state index in [9.17, 15) is 9.59 Å². The summed E-state index contributed by atoms with van der Waals surface area (Å²) in [6, 6.07) is 12.7. The Balaban J connectivity index is 1.41. The standard InChI is InChI=1S/C30H36N4O5S/c1-20(2)17-37-24-10-22-11-25(12-24)39-23-6-4-5-21(9-23)18-38-28-15-34(14-26-13-31-19-40-26)8-7-27(28)32-29(35)16-33(3)30(22)36/h4-6,9-13,19-20,27-28H,7-8,14-18H2,1-3H3,(H,32,35)/t27-,28-/m0/s1. The largest absolute Gasteiger partial charge is 0.493 e. The molecular weight excluding hydrogens is 528 g/mol. The number of likely N-dealkylation sites (N-methyl/N-ethyl adjacent to an activating group) is 1. The first-order valence-corrected chi connectivity index (χ1v) is 14.5. The van der Waals surface area contributed by atoms with Gasteiger partial charge in [-0.1, -0.05) is 26.0 Å². The Bertz CT molecular complexity index is 1320. The van der Waals surface area contributed by atoms with E-state index in [2.05, 4.69) is 29.0 Å². The Morgan fingerprint density at radius 1 is 1.18 bits per heavy atom. The summed E-state index contributed by atoms with van der Waals surface area (Å²) in [5.41, 5.74) is 3.19. The molecule has 0 aliphatic carbocycles. The number of ether oxygens (including phenoxy) is 3. The van der Waals surface area contributed by atoms with Gasteiger partial charge < -0.3 is 24.4 Å². The van der Waals surface area contributed by atoms with Gasteiger partial charge in [0.2, 0.25) is 5.91 Å². The second-order valence-corrected chi connectivity index (χ2v) is 11.8. The fourth-order valence-electron chi connectivity index (χ4n) is 4.90. The maximum atomic E-state index is 13.4. The van der Waals surface area contributed by atoms with E-state index in [1.807, 2.05) is 36.0 Å². The van der Waals surface area contributed by atoms with Crippen molar-refractivity contribution in [1.29, 1.82) is 0 Å². The van der Waals surface area contributed by atoms with Crippen LogP contribution in [0, 0.1) is 5.92 Å². The molecule has 10 heteroatoms. The average molecular weight is 565 g/mol. The predicted octanol–water partition coefficient (Wildman–Crippen LogP) is 4.33. The van der Waals surface area contributed by atoms with E-state index in [4.69, 9.17) is 14.2 Å². The molecule has 5 rings (SSSR count). The molecule has 4 bridgehead atoms. The Kier molecular flexibility index (Phi) is 8.98. The molecule has 2 aliphatic rings. The number of hydrogen-bond donors (Lipinski definition) is 1. The van der Waals surface area contributed by atoms with E-state index in [-0.39, 0.29) is 30.5 Å². The molecule has 1 N–H and O–H groups in total. The van der Waals surface area contributed by atoms with E-state index in [1.165, 1.54) is 9.78 Å². The van der Waals surface area contributed by atoms with Gasteiger partial charge in [-0.3, -0.25) is 19.5 Å². The monoisotopic (exact) mass is 564 g/mol. The number of aromatic nitrogens is 1. The van der Waals surface area contributed by atoms with Crippen LogP contribution in [0.2, 0.25) is 0 Å². The van der Waals surface area contributed by atoms with Crippen LogP contribution in [0.25, 0.3) is 0 Å². The van der Waals surface area contributed by atoms with Crippen LogP contribution in [0.1, 0.15) is 41.1 Å². The number of hydrogen-bond acceptors (Lipinski definition) is 8. The molecule has 3 heterocycles. The first-order chi connectivity index (χ1) is 19.3. The number of rotatable bonds is 5. The Hall–Kier alpha value is -3.47. The minimum atomic E-state index is -0.289. The predicted molar refractivity (Wildman–Crippen MR) is 153 cm³/mol. The van der Waals surface area contributed by atoms with Crippen molar-refractivity contribution in [2.75, 3.05) is 33.3 Å². The third-order valence-electron chi connectivity index (χ3n) is 6.89. The number of amides is 2. The molecular formula is C30H36N4O5S. The van der Waals surface area contributed by atoms with Gasteiger partial charge in [0.25, 0.3) is 5.91 Å². The molecule has 1 fully saturated rings. The highest BCUT2D eigenvalue weighted by molar-refractivity contribution is 7.09. The normalized spacial score (nSPS) is 20.6. The minimum absolute atomic E-state index is 0.0705. The second-order valence-electron chi connectivity index (χ2n) is 10.8. The zero-order chi connectivity index (χ0) is 28.1. The Morgan fingerprint density at radius 3 is 2.85 bits per heavy atom. The van der Waals surface area contributed by atoms with Crippen LogP contribution in [-0.2, 0) is 22.7 Å². The van der Waals surface area contributed by atoms with Gasteiger partial charge in [-0.25, -0.2) is 0 Å². The average Bonchev–Trinajstić information content (AvgIpc) is 3.44. The molecule has 0 spiro atoms. The summed E-state index contributed by atoms with van der Waals surface area (Å²) in [5.74, 6) is 1.48. The molecule has 40 heavy (non-hydrogen) atoms. The fraction of sp³-hybridized carbons (Fsp3) is 0.433. The van der Waals surface area contributed by atoms with Crippen molar-refractivity contribution in [3.05, 3.63) is 70.2 Å². The number of nitrogens with one attached hydrogen (secondary N) is 1. The molecule has 0 saturated carbocycles. The lowest BCUT2D eigenvalue weighted by Gasteiger charge is -2.38. The molecule has 2 aliphatic heterocycles.